The van der Waals surface area contributed by atoms with Crippen LogP contribution in [-0.2, 0) is 0 Å². The highest BCUT2D eigenvalue weighted by Gasteiger charge is 2.10. The van der Waals surface area contributed by atoms with Crippen molar-refractivity contribution in [3.8, 4) is 5.75 Å². The monoisotopic (exact) mass is 278 g/mol. The molecule has 2 rings (SSSR count). The van der Waals surface area contributed by atoms with Crippen LogP contribution in [0, 0.1) is 6.92 Å². The molecule has 0 saturated carbocycles. The van der Waals surface area contributed by atoms with E-state index in [1.54, 1.807) is 6.92 Å². The zero-order chi connectivity index (χ0) is 13.8. The van der Waals surface area contributed by atoms with E-state index in [1.807, 2.05) is 31.2 Å². The number of halogens is 1. The molecule has 0 unspecified atom stereocenters. The summed E-state index contributed by atoms with van der Waals surface area (Å²) in [5.41, 5.74) is 7.82. The normalized spacial score (nSPS) is 10.3. The van der Waals surface area contributed by atoms with Crippen LogP contribution in [0.5, 0.6) is 5.75 Å². The van der Waals surface area contributed by atoms with E-state index in [0.717, 1.165) is 11.4 Å². The average Bonchev–Trinajstić information content (AvgIpc) is 2.38. The highest BCUT2D eigenvalue weighted by atomic mass is 35.5. The van der Waals surface area contributed by atoms with Crippen molar-refractivity contribution in [2.45, 2.75) is 13.8 Å². The Bertz CT molecular complexity index is 589. The Hall–Kier alpha value is -2.01. The van der Waals surface area contributed by atoms with Gasteiger partial charge in [0.1, 0.15) is 5.75 Å². The van der Waals surface area contributed by atoms with Gasteiger partial charge in [-0.3, -0.25) is 0 Å². The molecule has 0 aliphatic rings. The molecular weight excluding hydrogens is 264 g/mol. The topological polar surface area (TPSA) is 73.1 Å². The Morgan fingerprint density at radius 2 is 2.05 bits per heavy atom. The third kappa shape index (κ3) is 3.06. The van der Waals surface area contributed by atoms with Crippen LogP contribution in [0.25, 0.3) is 0 Å². The van der Waals surface area contributed by atoms with Gasteiger partial charge < -0.3 is 15.8 Å². The molecule has 0 aliphatic carbocycles. The lowest BCUT2D eigenvalue weighted by Crippen LogP contribution is -2.05. The lowest BCUT2D eigenvalue weighted by atomic mass is 10.2. The van der Waals surface area contributed by atoms with Gasteiger partial charge in [-0.25, -0.2) is 4.98 Å². The molecule has 0 bridgehead atoms. The number of ether oxygens (including phenoxy) is 1. The SMILES string of the molecule is CCOc1ccccc1Nc1nc(Cl)nc(C)c1N. The number of nitrogen functional groups attached to an aromatic ring is 1. The predicted octanol–water partition coefficient (Wildman–Crippen LogP) is 3.16. The smallest absolute Gasteiger partial charge is 0.224 e. The standard InChI is InChI=1S/C13H15ClN4O/c1-3-19-10-7-5-4-6-9(10)17-12-11(15)8(2)16-13(14)18-12/h4-7H,3,15H2,1-2H3,(H,16,17,18). The number of nitrogens with zero attached hydrogens (tertiary/aromatic N) is 2. The molecule has 0 atom stereocenters. The first-order valence-corrected chi connectivity index (χ1v) is 6.28. The van der Waals surface area contributed by atoms with E-state index in [0.29, 0.717) is 23.8 Å². The number of hydrogen-bond donors (Lipinski definition) is 2. The molecule has 6 heteroatoms. The number of anilines is 3. The average molecular weight is 279 g/mol. The number of aromatic nitrogens is 2. The van der Waals surface area contributed by atoms with E-state index in [4.69, 9.17) is 22.1 Å². The largest absolute Gasteiger partial charge is 0.492 e. The van der Waals surface area contributed by atoms with Crippen molar-refractivity contribution in [2.24, 2.45) is 0 Å². The Morgan fingerprint density at radius 1 is 1.32 bits per heavy atom. The molecule has 1 aromatic carbocycles. The summed E-state index contributed by atoms with van der Waals surface area (Å²) in [4.78, 5) is 8.08. The summed E-state index contributed by atoms with van der Waals surface area (Å²) in [5.74, 6) is 1.21. The fourth-order valence-corrected chi connectivity index (χ4v) is 1.83. The van der Waals surface area contributed by atoms with Crippen LogP contribution in [0.4, 0.5) is 17.2 Å². The van der Waals surface area contributed by atoms with Gasteiger partial charge in [-0.05, 0) is 37.6 Å². The number of hydrogen-bond acceptors (Lipinski definition) is 5. The summed E-state index contributed by atoms with van der Waals surface area (Å²) >= 11 is 5.84. The molecule has 100 valence electrons. The fraction of sp³-hybridized carbons (Fsp3) is 0.231. The zero-order valence-electron chi connectivity index (χ0n) is 10.8. The molecule has 1 aromatic heterocycles. The molecule has 0 fully saturated rings. The number of rotatable bonds is 4. The first-order valence-electron chi connectivity index (χ1n) is 5.90. The molecule has 0 radical (unpaired) electrons. The molecule has 19 heavy (non-hydrogen) atoms. The first-order chi connectivity index (χ1) is 9.11. The van der Waals surface area contributed by atoms with Crippen LogP contribution in [0.1, 0.15) is 12.6 Å². The fourth-order valence-electron chi connectivity index (χ4n) is 1.62. The van der Waals surface area contributed by atoms with E-state index < -0.39 is 0 Å². The molecule has 2 aromatic rings. The summed E-state index contributed by atoms with van der Waals surface area (Å²) in [7, 11) is 0. The van der Waals surface area contributed by atoms with Crippen LogP contribution in [0.2, 0.25) is 5.28 Å². The number of para-hydroxylation sites is 2. The summed E-state index contributed by atoms with van der Waals surface area (Å²) in [6.07, 6.45) is 0. The first kappa shape index (κ1) is 13.4. The van der Waals surface area contributed by atoms with Crippen LogP contribution in [-0.4, -0.2) is 16.6 Å². The molecule has 0 aliphatic heterocycles. The summed E-state index contributed by atoms with van der Waals surface area (Å²) in [6.45, 7) is 4.29. The van der Waals surface area contributed by atoms with E-state index in [9.17, 15) is 0 Å². The Kier molecular flexibility index (Phi) is 4.06. The summed E-state index contributed by atoms with van der Waals surface area (Å²) in [6, 6.07) is 7.56. The maximum atomic E-state index is 5.94. The number of aryl methyl sites for hydroxylation is 1. The highest BCUT2D eigenvalue weighted by Crippen LogP contribution is 2.30. The molecular formula is C13H15ClN4O. The van der Waals surface area contributed by atoms with Gasteiger partial charge in [0.05, 0.1) is 23.7 Å². The minimum absolute atomic E-state index is 0.156. The van der Waals surface area contributed by atoms with Crippen molar-refractivity contribution in [1.29, 1.82) is 0 Å². The molecule has 5 nitrogen and oxygen atoms in total. The third-order valence-electron chi connectivity index (χ3n) is 2.55. The maximum Gasteiger partial charge on any atom is 0.224 e. The van der Waals surface area contributed by atoms with Gasteiger partial charge in [0.15, 0.2) is 5.82 Å². The maximum absolute atomic E-state index is 5.94. The second-order valence-corrected chi connectivity index (χ2v) is 4.23. The van der Waals surface area contributed by atoms with Gasteiger partial charge in [0, 0.05) is 0 Å². The van der Waals surface area contributed by atoms with Crippen molar-refractivity contribution >= 4 is 28.8 Å². The predicted molar refractivity (Wildman–Crippen MR) is 77.1 cm³/mol. The van der Waals surface area contributed by atoms with Gasteiger partial charge in [-0.15, -0.1) is 0 Å². The van der Waals surface area contributed by atoms with Gasteiger partial charge >= 0.3 is 0 Å². The highest BCUT2D eigenvalue weighted by molar-refractivity contribution is 6.28. The second-order valence-electron chi connectivity index (χ2n) is 3.89. The Morgan fingerprint density at radius 3 is 2.79 bits per heavy atom. The quantitative estimate of drug-likeness (QED) is 0.841. The third-order valence-corrected chi connectivity index (χ3v) is 2.72. The van der Waals surface area contributed by atoms with Crippen LogP contribution >= 0.6 is 11.6 Å². The van der Waals surface area contributed by atoms with Gasteiger partial charge in [0.2, 0.25) is 5.28 Å². The molecule has 0 spiro atoms. The lowest BCUT2D eigenvalue weighted by molar-refractivity contribution is 0.342. The van der Waals surface area contributed by atoms with Crippen LogP contribution in [0.3, 0.4) is 0 Å². The van der Waals surface area contributed by atoms with Crippen molar-refractivity contribution in [1.82, 2.24) is 9.97 Å². The Labute approximate surface area is 116 Å². The van der Waals surface area contributed by atoms with E-state index in [-0.39, 0.29) is 5.28 Å². The van der Waals surface area contributed by atoms with E-state index in [1.165, 1.54) is 0 Å². The van der Waals surface area contributed by atoms with Crippen molar-refractivity contribution in [3.05, 3.63) is 35.2 Å². The van der Waals surface area contributed by atoms with Crippen LogP contribution in [0.15, 0.2) is 24.3 Å². The van der Waals surface area contributed by atoms with Gasteiger partial charge in [0.25, 0.3) is 0 Å². The number of nitrogens with two attached hydrogens (primary N) is 1. The molecule has 0 amide bonds. The summed E-state index contributed by atoms with van der Waals surface area (Å²) in [5, 5.41) is 3.28. The minimum atomic E-state index is 0.156. The zero-order valence-corrected chi connectivity index (χ0v) is 11.5. The second kappa shape index (κ2) is 5.75. The molecule has 0 saturated heterocycles. The van der Waals surface area contributed by atoms with E-state index >= 15 is 0 Å². The van der Waals surface area contributed by atoms with Crippen molar-refractivity contribution < 1.29 is 4.74 Å². The minimum Gasteiger partial charge on any atom is -0.492 e. The molecule has 1 heterocycles. The summed E-state index contributed by atoms with van der Waals surface area (Å²) < 4.78 is 5.53. The van der Waals surface area contributed by atoms with Gasteiger partial charge in [-0.2, -0.15) is 4.98 Å². The van der Waals surface area contributed by atoms with E-state index in [2.05, 4.69) is 15.3 Å². The Balaban J connectivity index is 2.36. The van der Waals surface area contributed by atoms with Crippen molar-refractivity contribution in [2.75, 3.05) is 17.7 Å². The molecule has 3 N–H and O–H groups in total. The van der Waals surface area contributed by atoms with Crippen LogP contribution < -0.4 is 15.8 Å². The number of benzene rings is 1. The van der Waals surface area contributed by atoms with Crippen molar-refractivity contribution in [3.63, 3.8) is 0 Å². The number of nitrogens with one attached hydrogen (secondary N) is 1. The van der Waals surface area contributed by atoms with Gasteiger partial charge in [-0.1, -0.05) is 12.1 Å². The lowest BCUT2D eigenvalue weighted by Gasteiger charge is -2.13.